The van der Waals surface area contributed by atoms with Crippen LogP contribution in [0.3, 0.4) is 0 Å². The molecule has 17 atom stereocenters. The van der Waals surface area contributed by atoms with E-state index in [0.29, 0.717) is 36.6 Å². The summed E-state index contributed by atoms with van der Waals surface area (Å²) in [6, 6.07) is -0.198. The maximum Gasteiger partial charge on any atom is 0.240 e. The summed E-state index contributed by atoms with van der Waals surface area (Å²) in [5.74, 6) is 0.0230. The second-order valence-electron chi connectivity index (χ2n) is 20.5. The molecule has 2 bridgehead atoms. The first-order valence-corrected chi connectivity index (χ1v) is 22.6. The maximum absolute atomic E-state index is 16.4. The van der Waals surface area contributed by atoms with Crippen LogP contribution in [-0.2, 0) is 19.2 Å². The van der Waals surface area contributed by atoms with Crippen molar-refractivity contribution in [3.63, 3.8) is 0 Å². The zero-order valence-corrected chi connectivity index (χ0v) is 36.7. The summed E-state index contributed by atoms with van der Waals surface area (Å²) < 4.78 is 22.7. The molecular weight excluding hydrogens is 728 g/mol. The van der Waals surface area contributed by atoms with Gasteiger partial charge in [-0.25, -0.2) is 4.39 Å². The van der Waals surface area contributed by atoms with E-state index >= 15 is 4.39 Å². The van der Waals surface area contributed by atoms with Gasteiger partial charge in [0.05, 0.1) is 18.8 Å². The van der Waals surface area contributed by atoms with Crippen molar-refractivity contribution in [3.8, 4) is 0 Å². The lowest BCUT2D eigenvalue weighted by Gasteiger charge is -2.62. The quantitative estimate of drug-likeness (QED) is 0.167. The number of aliphatic hydroxyl groups excluding tert-OH is 2. The van der Waals surface area contributed by atoms with Gasteiger partial charge >= 0.3 is 0 Å². The van der Waals surface area contributed by atoms with Gasteiger partial charge in [-0.2, -0.15) is 5.06 Å². The Bertz CT molecular complexity index is 1330. The first kappa shape index (κ1) is 45.1. The van der Waals surface area contributed by atoms with Crippen LogP contribution < -0.4 is 16.0 Å². The van der Waals surface area contributed by atoms with Crippen LogP contribution in [0.2, 0.25) is 0 Å². The highest BCUT2D eigenvalue weighted by Crippen LogP contribution is 2.61. The highest BCUT2D eigenvalue weighted by atomic mass is 19.1. The van der Waals surface area contributed by atoms with Crippen LogP contribution in [-0.4, -0.2) is 153 Å². The van der Waals surface area contributed by atoms with Gasteiger partial charge in [-0.3, -0.25) is 14.4 Å². The molecule has 2 amide bonds. The number of hydrogen-bond donors (Lipinski definition) is 5. The summed E-state index contributed by atoms with van der Waals surface area (Å²) >= 11 is 0. The number of hydroxylamine groups is 2. The number of carbonyl (C=O) groups excluding carboxylic acids is 2. The van der Waals surface area contributed by atoms with Crippen LogP contribution in [0.4, 0.5) is 4.39 Å². The van der Waals surface area contributed by atoms with Gasteiger partial charge in [0, 0.05) is 62.1 Å². The fourth-order valence-corrected chi connectivity index (χ4v) is 12.8. The predicted octanol–water partition coefficient (Wildman–Crippen LogP) is 3.45. The first-order chi connectivity index (χ1) is 27.0. The van der Waals surface area contributed by atoms with Crippen molar-refractivity contribution in [3.05, 3.63) is 0 Å². The van der Waals surface area contributed by atoms with Gasteiger partial charge in [0.2, 0.25) is 11.8 Å². The largest absolute Gasteiger partial charge is 0.394 e. The number of hydrogen-bond acceptors (Lipinski definition) is 10. The van der Waals surface area contributed by atoms with Gasteiger partial charge in [0.15, 0.2) is 0 Å². The van der Waals surface area contributed by atoms with E-state index in [9.17, 15) is 19.8 Å². The second-order valence-corrected chi connectivity index (χ2v) is 20.5. The molecule has 2 heterocycles. The van der Waals surface area contributed by atoms with E-state index in [-0.39, 0.29) is 66.3 Å². The Labute approximate surface area is 343 Å². The summed E-state index contributed by atoms with van der Waals surface area (Å²) in [4.78, 5) is 39.3. The van der Waals surface area contributed by atoms with E-state index in [4.69, 9.17) is 9.57 Å². The molecule has 7 aliphatic rings. The van der Waals surface area contributed by atoms with Crippen LogP contribution in [0.5, 0.6) is 0 Å². The van der Waals surface area contributed by atoms with E-state index < -0.39 is 42.4 Å². The van der Waals surface area contributed by atoms with Gasteiger partial charge in [0.25, 0.3) is 0 Å². The molecule has 5 saturated carbocycles. The van der Waals surface area contributed by atoms with Crippen molar-refractivity contribution in [1.29, 1.82) is 0 Å². The van der Waals surface area contributed by atoms with Crippen molar-refractivity contribution in [1.82, 2.24) is 30.8 Å². The molecule has 57 heavy (non-hydrogen) atoms. The van der Waals surface area contributed by atoms with E-state index in [1.165, 1.54) is 19.3 Å². The van der Waals surface area contributed by atoms with Crippen molar-refractivity contribution >= 4 is 11.8 Å². The van der Waals surface area contributed by atoms with Gasteiger partial charge < -0.3 is 40.7 Å². The van der Waals surface area contributed by atoms with Gasteiger partial charge in [0.1, 0.15) is 18.3 Å². The standard InChI is InChI=1S/C44H79FN6O6/c1-25-35-19-29(44(35,3)4)20-37(25)48-43(55)40-39(26(2)53)38(24-52)57-51(40)23-34-36(45)14-13-33(41(34)56-9)27-16-28(18-32(17-27)50(7)8)42(54)47-31(22-49(5)6)21-30-12-10-11-15-46-30/h25-41,46,52-53H,10-24H2,1-9H3,(H,47,54)(H,48,55)/t25-,26-,27?,28?,29?,30?,31-,32?,33?,34?,35-,36?,37-,38-,39+,40-,41?/m0/s1. The minimum absolute atomic E-state index is 0.0156. The fraction of sp³-hybridized carbons (Fsp3) is 0.955. The minimum atomic E-state index is -1.18. The highest BCUT2D eigenvalue weighted by Gasteiger charge is 2.58. The average molecular weight is 807 g/mol. The summed E-state index contributed by atoms with van der Waals surface area (Å²) in [5.41, 5.74) is 0.269. The van der Waals surface area contributed by atoms with Crippen LogP contribution >= 0.6 is 0 Å². The van der Waals surface area contributed by atoms with Crippen LogP contribution in [0.1, 0.15) is 98.3 Å². The Morgan fingerprint density at radius 3 is 2.40 bits per heavy atom. The number of fused-ring (bicyclic) bond motifs is 2. The number of carbonyl (C=O) groups is 2. The number of ether oxygens (including phenoxy) is 1. The Kier molecular flexibility index (Phi) is 15.1. The Morgan fingerprint density at radius 2 is 1.81 bits per heavy atom. The maximum atomic E-state index is 16.4. The Hall–Kier alpha value is -1.45. The zero-order valence-electron chi connectivity index (χ0n) is 36.7. The summed E-state index contributed by atoms with van der Waals surface area (Å²) in [5, 5.41) is 33.5. The van der Waals surface area contributed by atoms with Crippen LogP contribution in [0, 0.1) is 52.8 Å². The number of aliphatic hydroxyl groups is 2. The van der Waals surface area contributed by atoms with E-state index in [2.05, 4.69) is 74.7 Å². The number of methoxy groups -OCH3 is 1. The molecule has 0 radical (unpaired) electrons. The number of likely N-dealkylation sites (N-methyl/N-ethyl adjacent to an activating group) is 1. The second kappa shape index (κ2) is 19.1. The fourth-order valence-electron chi connectivity index (χ4n) is 12.8. The number of alkyl halides is 1. The van der Waals surface area contributed by atoms with Crippen molar-refractivity contribution < 1.29 is 33.8 Å². The summed E-state index contributed by atoms with van der Waals surface area (Å²) in [6.07, 6.45) is 6.64. The molecule has 2 aliphatic heterocycles. The molecule has 5 aliphatic carbocycles. The molecule has 12 nitrogen and oxygen atoms in total. The summed E-state index contributed by atoms with van der Waals surface area (Å²) in [6.45, 7) is 10.1. The lowest BCUT2D eigenvalue weighted by molar-refractivity contribution is -0.199. The third-order valence-electron chi connectivity index (χ3n) is 16.1. The van der Waals surface area contributed by atoms with Gasteiger partial charge in [-0.05, 0) is 141 Å². The molecule has 2 saturated heterocycles. The van der Waals surface area contributed by atoms with Gasteiger partial charge in [-0.1, -0.05) is 27.2 Å². The number of nitrogens with one attached hydrogen (secondary N) is 3. The number of rotatable bonds is 15. The van der Waals surface area contributed by atoms with E-state index in [1.54, 1.807) is 19.1 Å². The molecule has 0 aromatic rings. The predicted molar refractivity (Wildman–Crippen MR) is 220 cm³/mol. The molecule has 13 heteroatoms. The monoisotopic (exact) mass is 807 g/mol. The molecular formula is C44H79FN6O6. The Balaban J connectivity index is 1.18. The van der Waals surface area contributed by atoms with Crippen LogP contribution in [0.15, 0.2) is 0 Å². The minimum Gasteiger partial charge on any atom is -0.394 e. The van der Waals surface area contributed by atoms with Gasteiger partial charge in [-0.15, -0.1) is 0 Å². The lowest BCUT2D eigenvalue weighted by atomic mass is 9.45. The van der Waals surface area contributed by atoms with Crippen molar-refractivity contribution in [2.75, 3.05) is 61.5 Å². The molecule has 5 N–H and O–H groups in total. The lowest BCUT2D eigenvalue weighted by Crippen LogP contribution is -2.62. The number of nitrogens with zero attached hydrogens (tertiary/aromatic N) is 3. The van der Waals surface area contributed by atoms with Crippen LogP contribution in [0.25, 0.3) is 0 Å². The third kappa shape index (κ3) is 9.87. The van der Waals surface area contributed by atoms with E-state index in [0.717, 1.165) is 51.6 Å². The Morgan fingerprint density at radius 1 is 1.05 bits per heavy atom. The third-order valence-corrected chi connectivity index (χ3v) is 16.1. The van der Waals surface area contributed by atoms with Crippen molar-refractivity contribution in [2.24, 2.45) is 52.8 Å². The molecule has 9 unspecified atom stereocenters. The molecule has 0 aromatic heterocycles. The normalized spacial score (nSPS) is 42.0. The highest BCUT2D eigenvalue weighted by molar-refractivity contribution is 5.83. The molecule has 328 valence electrons. The van der Waals surface area contributed by atoms with Crippen molar-refractivity contribution in [2.45, 2.75) is 153 Å². The first-order valence-electron chi connectivity index (χ1n) is 22.6. The molecule has 7 fully saturated rings. The molecule has 0 aromatic carbocycles. The smallest absolute Gasteiger partial charge is 0.240 e. The number of amides is 2. The molecule has 0 spiro atoms. The summed E-state index contributed by atoms with van der Waals surface area (Å²) in [7, 11) is 9.96. The topological polar surface area (TPSA) is 139 Å². The number of halogens is 1. The SMILES string of the molecule is COC1C(CN2O[C@@H](CO)[C@@H]([C@H](C)O)[C@H]2C(=O)N[C@H]2CC3C[C@@H]([C@@H]2C)C3(C)C)C(F)CCC1C1CC(C(=O)N[C@@H](CC2CCCCN2)CN(C)C)CC(N(C)C)C1. The number of piperidine rings is 1. The van der Waals surface area contributed by atoms with E-state index in [1.807, 2.05) is 0 Å². The zero-order chi connectivity index (χ0) is 41.3. The molecule has 7 rings (SSSR count). The average Bonchev–Trinajstić information content (AvgIpc) is 3.54.